The molecular formula is C11H16N2O. The highest BCUT2D eigenvalue weighted by Crippen LogP contribution is 2.25. The Balaban J connectivity index is 2.60. The van der Waals surface area contributed by atoms with Gasteiger partial charge in [0.1, 0.15) is 5.54 Å². The molecule has 0 spiro atoms. The van der Waals surface area contributed by atoms with Crippen LogP contribution >= 0.6 is 0 Å². The van der Waals surface area contributed by atoms with Gasteiger partial charge in [0.2, 0.25) is 0 Å². The maximum Gasteiger partial charge on any atom is 0.112 e. The highest BCUT2D eigenvalue weighted by atomic mass is 16.5. The first-order valence-electron chi connectivity index (χ1n) is 4.97. The van der Waals surface area contributed by atoms with E-state index in [4.69, 9.17) is 16.4 Å². The fraction of sp³-hybridized carbons (Fsp3) is 0.727. The van der Waals surface area contributed by atoms with E-state index in [1.165, 1.54) is 0 Å². The van der Waals surface area contributed by atoms with Crippen LogP contribution in [-0.4, -0.2) is 24.8 Å². The number of ether oxygens (including phenoxy) is 1. The quantitative estimate of drug-likeness (QED) is 0.680. The lowest BCUT2D eigenvalue weighted by molar-refractivity contribution is -0.0148. The van der Waals surface area contributed by atoms with E-state index in [-0.39, 0.29) is 6.10 Å². The predicted molar refractivity (Wildman–Crippen MR) is 54.4 cm³/mol. The van der Waals surface area contributed by atoms with Crippen LogP contribution in [0.3, 0.4) is 0 Å². The SMILES string of the molecule is C#CCNC1(C#N)CCOC(CC)C1. The molecule has 1 aliphatic rings. The maximum absolute atomic E-state index is 9.14. The van der Waals surface area contributed by atoms with Gasteiger partial charge in [-0.05, 0) is 6.42 Å². The van der Waals surface area contributed by atoms with Gasteiger partial charge in [0, 0.05) is 19.4 Å². The van der Waals surface area contributed by atoms with Crippen molar-refractivity contribution < 1.29 is 4.74 Å². The van der Waals surface area contributed by atoms with Gasteiger partial charge >= 0.3 is 0 Å². The van der Waals surface area contributed by atoms with Crippen LogP contribution in [0.5, 0.6) is 0 Å². The second kappa shape index (κ2) is 5.00. The summed E-state index contributed by atoms with van der Waals surface area (Å²) < 4.78 is 5.52. The molecule has 0 bridgehead atoms. The largest absolute Gasteiger partial charge is 0.378 e. The standard InChI is InChI=1S/C11H16N2O/c1-3-6-13-11(9-12)5-7-14-10(4-2)8-11/h1,10,13H,4-8H2,2H3. The Morgan fingerprint density at radius 3 is 3.07 bits per heavy atom. The lowest BCUT2D eigenvalue weighted by Gasteiger charge is -2.35. The number of nitriles is 1. The van der Waals surface area contributed by atoms with Crippen molar-refractivity contribution in [3.8, 4) is 18.4 Å². The van der Waals surface area contributed by atoms with Crippen molar-refractivity contribution in [3.63, 3.8) is 0 Å². The molecule has 1 heterocycles. The second-order valence-electron chi connectivity index (χ2n) is 3.61. The smallest absolute Gasteiger partial charge is 0.112 e. The number of rotatable bonds is 3. The zero-order valence-electron chi connectivity index (χ0n) is 8.55. The Morgan fingerprint density at radius 1 is 1.71 bits per heavy atom. The molecule has 0 aromatic carbocycles. The van der Waals surface area contributed by atoms with E-state index >= 15 is 0 Å². The van der Waals surface area contributed by atoms with Gasteiger partial charge in [0.15, 0.2) is 0 Å². The molecule has 3 nitrogen and oxygen atoms in total. The summed E-state index contributed by atoms with van der Waals surface area (Å²) in [4.78, 5) is 0. The van der Waals surface area contributed by atoms with Crippen LogP contribution < -0.4 is 5.32 Å². The number of hydrogen-bond acceptors (Lipinski definition) is 3. The number of nitrogens with one attached hydrogen (secondary N) is 1. The molecule has 0 saturated carbocycles. The topological polar surface area (TPSA) is 45.0 Å². The molecule has 1 N–H and O–H groups in total. The molecule has 0 radical (unpaired) electrons. The Morgan fingerprint density at radius 2 is 2.50 bits per heavy atom. The van der Waals surface area contributed by atoms with Crippen molar-refractivity contribution in [1.29, 1.82) is 5.26 Å². The van der Waals surface area contributed by atoms with E-state index in [1.54, 1.807) is 0 Å². The average molecular weight is 192 g/mol. The molecule has 0 aromatic heterocycles. The molecule has 1 saturated heterocycles. The summed E-state index contributed by atoms with van der Waals surface area (Å²) in [6.07, 6.45) is 7.77. The summed E-state index contributed by atoms with van der Waals surface area (Å²) >= 11 is 0. The summed E-state index contributed by atoms with van der Waals surface area (Å²) in [5.41, 5.74) is -0.467. The fourth-order valence-electron chi connectivity index (χ4n) is 1.73. The van der Waals surface area contributed by atoms with Crippen LogP contribution in [0.2, 0.25) is 0 Å². The van der Waals surface area contributed by atoms with Crippen molar-refractivity contribution >= 4 is 0 Å². The molecule has 2 unspecified atom stereocenters. The van der Waals surface area contributed by atoms with Gasteiger partial charge in [0.25, 0.3) is 0 Å². The van der Waals surface area contributed by atoms with E-state index in [0.29, 0.717) is 13.2 Å². The van der Waals surface area contributed by atoms with Gasteiger partial charge in [-0.1, -0.05) is 12.8 Å². The van der Waals surface area contributed by atoms with Crippen molar-refractivity contribution in [2.75, 3.05) is 13.2 Å². The predicted octanol–water partition coefficient (Wildman–Crippen LogP) is 1.06. The molecule has 1 fully saturated rings. The van der Waals surface area contributed by atoms with E-state index in [1.807, 2.05) is 0 Å². The van der Waals surface area contributed by atoms with Gasteiger partial charge in [-0.2, -0.15) is 5.26 Å². The van der Waals surface area contributed by atoms with Crippen LogP contribution in [0.1, 0.15) is 26.2 Å². The molecular weight excluding hydrogens is 176 g/mol. The molecule has 1 aliphatic heterocycles. The van der Waals surface area contributed by atoms with Crippen LogP contribution in [-0.2, 0) is 4.74 Å². The first-order chi connectivity index (χ1) is 6.76. The lowest BCUT2D eigenvalue weighted by Crippen LogP contribution is -2.50. The highest BCUT2D eigenvalue weighted by Gasteiger charge is 2.35. The number of hydrogen-bond donors (Lipinski definition) is 1. The molecule has 1 rings (SSSR count). The van der Waals surface area contributed by atoms with Crippen LogP contribution in [0.25, 0.3) is 0 Å². The van der Waals surface area contributed by atoms with Gasteiger partial charge in [0.05, 0.1) is 18.7 Å². The summed E-state index contributed by atoms with van der Waals surface area (Å²) in [5, 5.41) is 12.3. The lowest BCUT2D eigenvalue weighted by atomic mass is 9.87. The van der Waals surface area contributed by atoms with E-state index < -0.39 is 5.54 Å². The van der Waals surface area contributed by atoms with E-state index in [2.05, 4.69) is 24.2 Å². The van der Waals surface area contributed by atoms with Gasteiger partial charge in [-0.3, -0.25) is 5.32 Å². The molecule has 2 atom stereocenters. The van der Waals surface area contributed by atoms with Crippen LogP contribution in [0, 0.1) is 23.7 Å². The zero-order chi connectivity index (χ0) is 10.4. The number of nitrogens with zero attached hydrogens (tertiary/aromatic N) is 1. The molecule has 76 valence electrons. The Hall–Kier alpha value is -1.03. The molecule has 0 aromatic rings. The van der Waals surface area contributed by atoms with Crippen LogP contribution in [0.15, 0.2) is 0 Å². The van der Waals surface area contributed by atoms with Crippen LogP contribution in [0.4, 0.5) is 0 Å². The second-order valence-corrected chi connectivity index (χ2v) is 3.61. The third-order valence-corrected chi connectivity index (χ3v) is 2.66. The molecule has 3 heteroatoms. The van der Waals surface area contributed by atoms with Crippen molar-refractivity contribution in [2.45, 2.75) is 37.8 Å². The summed E-state index contributed by atoms with van der Waals surface area (Å²) in [7, 11) is 0. The van der Waals surface area contributed by atoms with Crippen molar-refractivity contribution in [2.24, 2.45) is 0 Å². The van der Waals surface area contributed by atoms with E-state index in [0.717, 1.165) is 19.3 Å². The van der Waals surface area contributed by atoms with Gasteiger partial charge in [-0.15, -0.1) is 6.42 Å². The summed E-state index contributed by atoms with van der Waals surface area (Å²) in [5.74, 6) is 2.50. The first kappa shape index (κ1) is 11.0. The van der Waals surface area contributed by atoms with E-state index in [9.17, 15) is 0 Å². The van der Waals surface area contributed by atoms with Crippen molar-refractivity contribution in [3.05, 3.63) is 0 Å². The average Bonchev–Trinajstić information content (AvgIpc) is 2.26. The number of terminal acetylenes is 1. The Labute approximate surface area is 85.4 Å². The summed E-state index contributed by atoms with van der Waals surface area (Å²) in [6.45, 7) is 3.16. The monoisotopic (exact) mass is 192 g/mol. The van der Waals surface area contributed by atoms with Crippen molar-refractivity contribution in [1.82, 2.24) is 5.32 Å². The van der Waals surface area contributed by atoms with Gasteiger partial charge < -0.3 is 4.74 Å². The molecule has 0 amide bonds. The zero-order valence-corrected chi connectivity index (χ0v) is 8.55. The molecule has 14 heavy (non-hydrogen) atoms. The fourth-order valence-corrected chi connectivity index (χ4v) is 1.73. The minimum absolute atomic E-state index is 0.189. The minimum Gasteiger partial charge on any atom is -0.378 e. The highest BCUT2D eigenvalue weighted by molar-refractivity contribution is 5.11. The normalized spacial score (nSPS) is 31.8. The van der Waals surface area contributed by atoms with Gasteiger partial charge in [-0.25, -0.2) is 0 Å². The third kappa shape index (κ3) is 2.48. The Kier molecular flexibility index (Phi) is 3.95. The molecule has 0 aliphatic carbocycles. The maximum atomic E-state index is 9.14. The first-order valence-corrected chi connectivity index (χ1v) is 4.97. The Bertz CT molecular complexity index is 263. The minimum atomic E-state index is -0.467. The third-order valence-electron chi connectivity index (χ3n) is 2.66. The summed E-state index contributed by atoms with van der Waals surface area (Å²) in [6, 6.07) is 2.33.